The van der Waals surface area contributed by atoms with Gasteiger partial charge in [-0.1, -0.05) is 26.0 Å². The maximum Gasteiger partial charge on any atom is 0.315 e. The van der Waals surface area contributed by atoms with Gasteiger partial charge in [0.2, 0.25) is 5.91 Å². The first-order valence-corrected chi connectivity index (χ1v) is 7.10. The van der Waals surface area contributed by atoms with Crippen molar-refractivity contribution in [3.05, 3.63) is 35.6 Å². The van der Waals surface area contributed by atoms with E-state index in [1.54, 1.807) is 12.1 Å². The highest BCUT2D eigenvalue weighted by Crippen LogP contribution is 2.01. The lowest BCUT2D eigenvalue weighted by molar-refractivity contribution is -0.120. The molecule has 1 aromatic carbocycles. The number of halogens is 1. The van der Waals surface area contributed by atoms with E-state index in [1.165, 1.54) is 12.1 Å². The largest absolute Gasteiger partial charge is 0.352 e. The van der Waals surface area contributed by atoms with Gasteiger partial charge in [-0.2, -0.15) is 0 Å². The lowest BCUT2D eigenvalue weighted by Crippen LogP contribution is -2.44. The number of benzene rings is 1. The lowest BCUT2D eigenvalue weighted by atomic mass is 10.2. The molecule has 0 radical (unpaired) electrons. The van der Waals surface area contributed by atoms with Crippen LogP contribution in [0, 0.1) is 5.82 Å². The maximum atomic E-state index is 12.7. The Morgan fingerprint density at radius 2 is 1.71 bits per heavy atom. The Hall–Kier alpha value is -2.11. The molecule has 0 heterocycles. The normalized spacial score (nSPS) is 10.3. The average molecular weight is 295 g/mol. The van der Waals surface area contributed by atoms with Crippen molar-refractivity contribution in [2.75, 3.05) is 6.54 Å². The fourth-order valence-electron chi connectivity index (χ4n) is 1.78. The predicted octanol–water partition coefficient (Wildman–Crippen LogP) is 1.93. The van der Waals surface area contributed by atoms with E-state index < -0.39 is 6.03 Å². The summed E-state index contributed by atoms with van der Waals surface area (Å²) in [4.78, 5) is 23.1. The van der Waals surface area contributed by atoms with Crippen LogP contribution in [0.25, 0.3) is 0 Å². The summed E-state index contributed by atoms with van der Waals surface area (Å²) in [7, 11) is 0. The van der Waals surface area contributed by atoms with Gasteiger partial charge in [-0.25, -0.2) is 9.18 Å². The standard InChI is InChI=1S/C15H22FN3O2/c1-3-13(4-2)19-14(20)10-18-15(21)17-9-11-5-7-12(16)8-6-11/h5-8,13H,3-4,9-10H2,1-2H3,(H,19,20)(H2,17,18,21). The molecular formula is C15H22FN3O2. The first-order chi connectivity index (χ1) is 10.0. The van der Waals surface area contributed by atoms with Gasteiger partial charge in [-0.3, -0.25) is 4.79 Å². The minimum atomic E-state index is -0.431. The third kappa shape index (κ3) is 6.74. The Balaban J connectivity index is 2.24. The zero-order chi connectivity index (χ0) is 15.7. The molecular weight excluding hydrogens is 273 g/mol. The quantitative estimate of drug-likeness (QED) is 0.719. The molecule has 0 aliphatic carbocycles. The molecule has 0 fully saturated rings. The molecule has 0 aliphatic heterocycles. The van der Waals surface area contributed by atoms with Crippen LogP contribution in [0.1, 0.15) is 32.3 Å². The van der Waals surface area contributed by atoms with E-state index in [0.29, 0.717) is 0 Å². The number of urea groups is 1. The van der Waals surface area contributed by atoms with Gasteiger partial charge < -0.3 is 16.0 Å². The summed E-state index contributed by atoms with van der Waals surface area (Å²) in [5.74, 6) is -0.526. The van der Waals surface area contributed by atoms with Crippen LogP contribution in [0.15, 0.2) is 24.3 Å². The SMILES string of the molecule is CCC(CC)NC(=O)CNC(=O)NCc1ccc(F)cc1. The Morgan fingerprint density at radius 1 is 1.10 bits per heavy atom. The van der Waals surface area contributed by atoms with E-state index >= 15 is 0 Å². The molecule has 0 saturated carbocycles. The number of carbonyl (C=O) groups is 2. The molecule has 116 valence electrons. The van der Waals surface area contributed by atoms with Crippen LogP contribution in [0.4, 0.5) is 9.18 Å². The second-order valence-corrected chi connectivity index (χ2v) is 4.74. The number of nitrogens with one attached hydrogen (secondary N) is 3. The molecule has 1 rings (SSSR count). The summed E-state index contributed by atoms with van der Waals surface area (Å²) < 4.78 is 12.7. The molecule has 0 aromatic heterocycles. The number of carbonyl (C=O) groups excluding carboxylic acids is 2. The zero-order valence-electron chi connectivity index (χ0n) is 12.4. The summed E-state index contributed by atoms with van der Waals surface area (Å²) >= 11 is 0. The van der Waals surface area contributed by atoms with E-state index in [4.69, 9.17) is 0 Å². The van der Waals surface area contributed by atoms with Crippen LogP contribution < -0.4 is 16.0 Å². The number of hydrogen-bond donors (Lipinski definition) is 3. The van der Waals surface area contributed by atoms with Crippen LogP contribution in [0.5, 0.6) is 0 Å². The van der Waals surface area contributed by atoms with Crippen LogP contribution >= 0.6 is 0 Å². The van der Waals surface area contributed by atoms with Crippen molar-refractivity contribution >= 4 is 11.9 Å². The third-order valence-corrected chi connectivity index (χ3v) is 3.13. The Kier molecular flexibility index (Phi) is 7.21. The number of hydrogen-bond acceptors (Lipinski definition) is 2. The van der Waals surface area contributed by atoms with Crippen LogP contribution in [-0.4, -0.2) is 24.5 Å². The van der Waals surface area contributed by atoms with E-state index in [-0.39, 0.29) is 30.9 Å². The molecule has 0 bridgehead atoms. The summed E-state index contributed by atoms with van der Waals surface area (Å²) in [5.41, 5.74) is 0.785. The van der Waals surface area contributed by atoms with Crippen LogP contribution in [0.3, 0.4) is 0 Å². The number of rotatable bonds is 7. The molecule has 21 heavy (non-hydrogen) atoms. The summed E-state index contributed by atoms with van der Waals surface area (Å²) in [6.07, 6.45) is 1.72. The van der Waals surface area contributed by atoms with E-state index in [1.807, 2.05) is 13.8 Å². The summed E-state index contributed by atoms with van der Waals surface area (Å²) in [6.45, 7) is 4.21. The molecule has 0 saturated heterocycles. The minimum absolute atomic E-state index is 0.0637. The van der Waals surface area contributed by atoms with Crippen molar-refractivity contribution < 1.29 is 14.0 Å². The third-order valence-electron chi connectivity index (χ3n) is 3.13. The maximum absolute atomic E-state index is 12.7. The zero-order valence-corrected chi connectivity index (χ0v) is 12.4. The topological polar surface area (TPSA) is 70.2 Å². The van der Waals surface area contributed by atoms with Crippen LogP contribution in [0.2, 0.25) is 0 Å². The van der Waals surface area contributed by atoms with Gasteiger partial charge >= 0.3 is 6.03 Å². The van der Waals surface area contributed by atoms with Crippen molar-refractivity contribution in [2.24, 2.45) is 0 Å². The monoisotopic (exact) mass is 295 g/mol. The highest BCUT2D eigenvalue weighted by atomic mass is 19.1. The Morgan fingerprint density at radius 3 is 2.29 bits per heavy atom. The Bertz CT molecular complexity index is 458. The van der Waals surface area contributed by atoms with Crippen molar-refractivity contribution in [3.63, 3.8) is 0 Å². The fourth-order valence-corrected chi connectivity index (χ4v) is 1.78. The molecule has 5 nitrogen and oxygen atoms in total. The predicted molar refractivity (Wildman–Crippen MR) is 79.2 cm³/mol. The van der Waals surface area contributed by atoms with E-state index in [2.05, 4.69) is 16.0 Å². The molecule has 0 atom stereocenters. The van der Waals surface area contributed by atoms with Gasteiger partial charge in [-0.15, -0.1) is 0 Å². The molecule has 1 aromatic rings. The molecule has 3 amide bonds. The highest BCUT2D eigenvalue weighted by molar-refractivity contribution is 5.84. The lowest BCUT2D eigenvalue weighted by Gasteiger charge is -2.15. The molecule has 3 N–H and O–H groups in total. The van der Waals surface area contributed by atoms with E-state index in [0.717, 1.165) is 18.4 Å². The molecule has 0 aliphatic rings. The Labute approximate surface area is 124 Å². The van der Waals surface area contributed by atoms with Gasteiger partial charge in [0.1, 0.15) is 5.82 Å². The summed E-state index contributed by atoms with van der Waals surface area (Å²) in [5, 5.41) is 7.91. The second-order valence-electron chi connectivity index (χ2n) is 4.74. The van der Waals surface area contributed by atoms with E-state index in [9.17, 15) is 14.0 Å². The molecule has 6 heteroatoms. The molecule has 0 unspecified atom stereocenters. The fraction of sp³-hybridized carbons (Fsp3) is 0.467. The molecule has 0 spiro atoms. The average Bonchev–Trinajstić information content (AvgIpc) is 2.50. The van der Waals surface area contributed by atoms with Gasteiger partial charge in [0.05, 0.1) is 6.54 Å². The van der Waals surface area contributed by atoms with Crippen molar-refractivity contribution in [1.29, 1.82) is 0 Å². The van der Waals surface area contributed by atoms with Crippen LogP contribution in [-0.2, 0) is 11.3 Å². The first-order valence-electron chi connectivity index (χ1n) is 7.10. The summed E-state index contributed by atoms with van der Waals surface area (Å²) in [6, 6.07) is 5.56. The van der Waals surface area contributed by atoms with Gasteiger partial charge in [0.15, 0.2) is 0 Å². The highest BCUT2D eigenvalue weighted by Gasteiger charge is 2.09. The van der Waals surface area contributed by atoms with Gasteiger partial charge in [0, 0.05) is 12.6 Å². The smallest absolute Gasteiger partial charge is 0.315 e. The van der Waals surface area contributed by atoms with Crippen molar-refractivity contribution in [1.82, 2.24) is 16.0 Å². The number of amides is 3. The van der Waals surface area contributed by atoms with Crippen molar-refractivity contribution in [3.8, 4) is 0 Å². The second kappa shape index (κ2) is 8.94. The van der Waals surface area contributed by atoms with Gasteiger partial charge in [0.25, 0.3) is 0 Å². The minimum Gasteiger partial charge on any atom is -0.352 e. The van der Waals surface area contributed by atoms with Gasteiger partial charge in [-0.05, 0) is 30.5 Å². The van der Waals surface area contributed by atoms with Crippen molar-refractivity contribution in [2.45, 2.75) is 39.3 Å². The first kappa shape index (κ1) is 16.9.